The molecule has 0 bridgehead atoms. The highest BCUT2D eigenvalue weighted by atomic mass is 19.3. The first-order valence-electron chi connectivity index (χ1n) is 20.3. The van der Waals surface area contributed by atoms with Gasteiger partial charge in [-0.25, -0.2) is 8.78 Å². The molecule has 14 nitrogen and oxygen atoms in total. The lowest BCUT2D eigenvalue weighted by atomic mass is 9.94. The smallest absolute Gasteiger partial charge is 0.264 e. The molecule has 7 heterocycles. The van der Waals surface area contributed by atoms with Gasteiger partial charge in [-0.2, -0.15) is 5.10 Å². The molecule has 2 aromatic carbocycles. The molecule has 1 aromatic heterocycles. The van der Waals surface area contributed by atoms with Gasteiger partial charge in [0.15, 0.2) is 5.82 Å². The predicted octanol–water partition coefficient (Wildman–Crippen LogP) is 3.95. The highest BCUT2D eigenvalue weighted by molar-refractivity contribution is 6.23. The van der Waals surface area contributed by atoms with Crippen molar-refractivity contribution >= 4 is 46.9 Å². The lowest BCUT2D eigenvalue weighted by Gasteiger charge is -2.34. The summed E-state index contributed by atoms with van der Waals surface area (Å²) in [6.07, 6.45) is 1.73. The molecule has 6 aliphatic heterocycles. The second-order valence-electron chi connectivity index (χ2n) is 16.3. The fraction of sp³-hybridized carbons (Fsp3) is 0.500. The van der Waals surface area contributed by atoms with Crippen molar-refractivity contribution in [2.24, 2.45) is 0 Å². The van der Waals surface area contributed by atoms with Gasteiger partial charge < -0.3 is 14.7 Å². The Morgan fingerprint density at radius 3 is 2.19 bits per heavy atom. The van der Waals surface area contributed by atoms with Gasteiger partial charge in [-0.05, 0) is 79.0 Å². The van der Waals surface area contributed by atoms with Crippen molar-refractivity contribution in [1.82, 2.24) is 34.7 Å². The molecule has 9 rings (SSSR count). The monoisotopic (exact) mass is 796 g/mol. The van der Waals surface area contributed by atoms with Crippen molar-refractivity contribution in [2.45, 2.75) is 103 Å². The number of anilines is 2. The maximum absolute atomic E-state index is 14.2. The van der Waals surface area contributed by atoms with Crippen LogP contribution in [0, 0.1) is 0 Å². The van der Waals surface area contributed by atoms with E-state index in [2.05, 4.69) is 14.9 Å². The van der Waals surface area contributed by atoms with E-state index in [4.69, 9.17) is 5.10 Å². The average Bonchev–Trinajstić information content (AvgIpc) is 3.86. The van der Waals surface area contributed by atoms with Crippen LogP contribution in [0.3, 0.4) is 0 Å². The van der Waals surface area contributed by atoms with Crippen molar-refractivity contribution in [3.8, 4) is 0 Å². The summed E-state index contributed by atoms with van der Waals surface area (Å²) >= 11 is 0. The lowest BCUT2D eigenvalue weighted by molar-refractivity contribution is -0.136. The quantitative estimate of drug-likeness (QED) is 0.351. The van der Waals surface area contributed by atoms with Crippen molar-refractivity contribution in [2.75, 3.05) is 37.6 Å². The number of hydrogen-bond donors (Lipinski definition) is 1. The number of carbonyl (C=O) groups excluding carboxylic acids is 6. The Morgan fingerprint density at radius 1 is 0.845 bits per heavy atom. The standard InChI is InChI=1S/C42H46F2N8O6/c1-3-24-15-25-5-4-11-50(35(25)18-29(24)38(43)44)39-32-21-49(23(2)53)14-10-33(32)52(46-39)28-8-12-48(13-9-28)37(55)22-47-19-26-16-30-31(17-27(26)20-47)42(58)51(41(30)57)34-6-7-36(54)45-40(34)56/h15-18,28,34,38H,3-14,19-22H2,1-2H3,(H,45,54,56). The van der Waals surface area contributed by atoms with E-state index in [0.29, 0.717) is 77.1 Å². The van der Waals surface area contributed by atoms with Gasteiger partial charge >= 0.3 is 0 Å². The van der Waals surface area contributed by atoms with Crippen LogP contribution in [-0.2, 0) is 58.1 Å². The highest BCUT2D eigenvalue weighted by Crippen LogP contribution is 2.42. The number of fused-ring (bicyclic) bond motifs is 4. The van der Waals surface area contributed by atoms with E-state index in [1.807, 2.05) is 27.7 Å². The zero-order valence-corrected chi connectivity index (χ0v) is 32.7. The molecule has 0 radical (unpaired) electrons. The van der Waals surface area contributed by atoms with E-state index >= 15 is 0 Å². The minimum atomic E-state index is -2.59. The van der Waals surface area contributed by atoms with Crippen molar-refractivity contribution in [3.05, 3.63) is 74.5 Å². The Morgan fingerprint density at radius 2 is 1.55 bits per heavy atom. The number of likely N-dealkylation sites (tertiary alicyclic amines) is 1. The van der Waals surface area contributed by atoms with E-state index in [0.717, 1.165) is 57.2 Å². The summed E-state index contributed by atoms with van der Waals surface area (Å²) in [5.41, 5.74) is 6.69. The predicted molar refractivity (Wildman–Crippen MR) is 205 cm³/mol. The van der Waals surface area contributed by atoms with Gasteiger partial charge in [0.2, 0.25) is 23.6 Å². The number of aromatic nitrogens is 2. The van der Waals surface area contributed by atoms with Gasteiger partial charge in [0.25, 0.3) is 18.2 Å². The molecule has 0 aliphatic carbocycles. The van der Waals surface area contributed by atoms with E-state index in [-0.39, 0.29) is 53.9 Å². The first-order valence-corrected chi connectivity index (χ1v) is 20.3. The Balaban J connectivity index is 0.881. The molecule has 16 heteroatoms. The molecule has 2 saturated heterocycles. The fourth-order valence-corrected chi connectivity index (χ4v) is 9.85. The minimum Gasteiger partial charge on any atom is -0.341 e. The summed E-state index contributed by atoms with van der Waals surface area (Å²) in [5.74, 6) is -1.49. The number of rotatable bonds is 7. The topological polar surface area (TPSA) is 148 Å². The largest absolute Gasteiger partial charge is 0.341 e. The molecule has 0 saturated carbocycles. The number of aryl methyl sites for hydroxylation is 2. The first kappa shape index (κ1) is 38.0. The minimum absolute atomic E-state index is 0.0125. The molecule has 3 aromatic rings. The third-order valence-corrected chi connectivity index (χ3v) is 12.9. The van der Waals surface area contributed by atoms with Crippen LogP contribution in [0.5, 0.6) is 0 Å². The Bertz CT molecular complexity index is 2240. The number of amides is 6. The molecule has 0 spiro atoms. The molecule has 6 aliphatic rings. The third-order valence-electron chi connectivity index (χ3n) is 12.9. The average molecular weight is 797 g/mol. The number of halogens is 2. The van der Waals surface area contributed by atoms with Gasteiger partial charge in [0.05, 0.1) is 30.3 Å². The lowest BCUT2D eigenvalue weighted by Crippen LogP contribution is -2.54. The van der Waals surface area contributed by atoms with Crippen molar-refractivity contribution in [1.29, 1.82) is 0 Å². The molecule has 304 valence electrons. The number of imide groups is 2. The van der Waals surface area contributed by atoms with Crippen LogP contribution in [0.15, 0.2) is 24.3 Å². The third kappa shape index (κ3) is 6.45. The summed E-state index contributed by atoms with van der Waals surface area (Å²) in [6.45, 7) is 7.17. The van der Waals surface area contributed by atoms with E-state index in [1.165, 1.54) is 0 Å². The SMILES string of the molecule is CCc1cc2c(cc1C(F)F)N(c1nn(C3CCN(C(=O)CN4Cc5cc6c(cc5C4)C(=O)N(C4CCC(=O)NC4=O)C6=O)CC3)c3c1CN(C(C)=O)CC3)CCC2. The van der Waals surface area contributed by atoms with Crippen molar-refractivity contribution < 1.29 is 37.5 Å². The summed E-state index contributed by atoms with van der Waals surface area (Å²) in [5, 5.41) is 7.44. The van der Waals surface area contributed by atoms with Gasteiger partial charge in [-0.3, -0.25) is 48.6 Å². The van der Waals surface area contributed by atoms with Gasteiger partial charge in [-0.1, -0.05) is 13.0 Å². The van der Waals surface area contributed by atoms with Crippen LogP contribution in [0.25, 0.3) is 0 Å². The molecule has 58 heavy (non-hydrogen) atoms. The molecule has 2 fully saturated rings. The zero-order valence-electron chi connectivity index (χ0n) is 32.7. The molecular weight excluding hydrogens is 751 g/mol. The number of hydrogen-bond acceptors (Lipinski definition) is 9. The second-order valence-corrected chi connectivity index (χ2v) is 16.3. The van der Waals surface area contributed by atoms with Crippen LogP contribution < -0.4 is 10.2 Å². The van der Waals surface area contributed by atoms with Gasteiger partial charge in [0.1, 0.15) is 6.04 Å². The van der Waals surface area contributed by atoms with Crippen LogP contribution in [-0.4, -0.2) is 104 Å². The van der Waals surface area contributed by atoms with Gasteiger partial charge in [-0.15, -0.1) is 0 Å². The number of piperidine rings is 2. The number of benzene rings is 2. The van der Waals surface area contributed by atoms with Crippen LogP contribution in [0.2, 0.25) is 0 Å². The number of nitrogens with zero attached hydrogens (tertiary/aromatic N) is 7. The molecule has 1 atom stereocenters. The van der Waals surface area contributed by atoms with Crippen LogP contribution in [0.4, 0.5) is 20.3 Å². The number of alkyl halides is 2. The van der Waals surface area contributed by atoms with Crippen LogP contribution >= 0.6 is 0 Å². The van der Waals surface area contributed by atoms with E-state index in [1.54, 1.807) is 25.1 Å². The fourth-order valence-electron chi connectivity index (χ4n) is 9.85. The maximum atomic E-state index is 14.2. The Hall–Kier alpha value is -5.51. The summed E-state index contributed by atoms with van der Waals surface area (Å²) in [4.78, 5) is 85.8. The Kier molecular flexibility index (Phi) is 9.64. The first-order chi connectivity index (χ1) is 27.9. The van der Waals surface area contributed by atoms with Gasteiger partial charge in [0, 0.05) is 81.5 Å². The Labute approximate surface area is 334 Å². The molecular formula is C42H46F2N8O6. The zero-order chi connectivity index (χ0) is 40.6. The summed E-state index contributed by atoms with van der Waals surface area (Å²) in [6, 6.07) is 5.96. The number of carbonyl (C=O) groups is 6. The molecule has 1 unspecified atom stereocenters. The highest BCUT2D eigenvalue weighted by Gasteiger charge is 2.45. The van der Waals surface area contributed by atoms with E-state index in [9.17, 15) is 37.5 Å². The van der Waals surface area contributed by atoms with Crippen LogP contribution in [0.1, 0.15) is 118 Å². The molecule has 6 amide bonds. The normalized spacial score (nSPS) is 21.1. The second kappa shape index (κ2) is 14.7. The van der Waals surface area contributed by atoms with E-state index < -0.39 is 36.1 Å². The maximum Gasteiger partial charge on any atom is 0.264 e. The summed E-state index contributed by atoms with van der Waals surface area (Å²) < 4.78 is 30.6. The summed E-state index contributed by atoms with van der Waals surface area (Å²) in [7, 11) is 0. The van der Waals surface area contributed by atoms with Crippen molar-refractivity contribution in [3.63, 3.8) is 0 Å². The molecule has 1 N–H and O–H groups in total. The number of nitrogens with one attached hydrogen (secondary N) is 1.